The molecule has 0 amide bonds. The van der Waals surface area contributed by atoms with Gasteiger partial charge in [0.25, 0.3) is 0 Å². The SMILES string of the molecule is C[C@H]([C@H](O)Cn1cncn1)N1Cc2sc(-c3ccc(C(F)(F)F)cc3)nc2CC1c1ccccc1. The van der Waals surface area contributed by atoms with Crippen molar-refractivity contribution in [2.45, 2.75) is 50.8 Å². The van der Waals surface area contributed by atoms with Crippen molar-refractivity contribution in [2.24, 2.45) is 0 Å². The Hall–Kier alpha value is -3.08. The van der Waals surface area contributed by atoms with E-state index < -0.39 is 17.8 Å². The number of rotatable bonds is 6. The number of nitrogens with zero attached hydrogens (tertiary/aromatic N) is 5. The third kappa shape index (κ3) is 5.00. The number of hydrogen-bond acceptors (Lipinski definition) is 6. The van der Waals surface area contributed by atoms with Gasteiger partial charge in [-0.05, 0) is 24.6 Å². The molecule has 0 spiro atoms. The molecule has 0 bridgehead atoms. The standard InChI is InChI=1S/C25H24F3N5OS/c1-16(22(34)12-32-15-29-14-30-32)33-13-23-20(11-21(33)17-5-3-2-4-6-17)31-24(35-23)18-7-9-19(10-8-18)25(26,27)28/h2-10,14-16,21-22,34H,11-13H2,1H3/t16-,21?,22-/m1/s1. The smallest absolute Gasteiger partial charge is 0.390 e. The van der Waals surface area contributed by atoms with E-state index >= 15 is 0 Å². The van der Waals surface area contributed by atoms with E-state index in [9.17, 15) is 18.3 Å². The van der Waals surface area contributed by atoms with Crippen LogP contribution in [-0.4, -0.2) is 41.9 Å². The van der Waals surface area contributed by atoms with Crippen LogP contribution in [0.2, 0.25) is 0 Å². The fourth-order valence-corrected chi connectivity index (χ4v) is 5.58. The molecule has 1 N–H and O–H groups in total. The van der Waals surface area contributed by atoms with Crippen LogP contribution >= 0.6 is 11.3 Å². The molecule has 5 rings (SSSR count). The number of benzene rings is 2. The molecule has 1 aliphatic heterocycles. The Morgan fingerprint density at radius 1 is 1.11 bits per heavy atom. The van der Waals surface area contributed by atoms with E-state index in [0.29, 0.717) is 30.1 Å². The second-order valence-electron chi connectivity index (χ2n) is 8.69. The Kier molecular flexibility index (Phi) is 6.43. The van der Waals surface area contributed by atoms with Crippen LogP contribution in [0.4, 0.5) is 13.2 Å². The molecule has 1 aliphatic rings. The molecule has 1 unspecified atom stereocenters. The Bertz CT molecular complexity index is 1260. The molecule has 3 heterocycles. The van der Waals surface area contributed by atoms with Crippen molar-refractivity contribution in [1.82, 2.24) is 24.6 Å². The summed E-state index contributed by atoms with van der Waals surface area (Å²) in [5.41, 5.74) is 2.07. The van der Waals surface area contributed by atoms with Crippen molar-refractivity contribution in [2.75, 3.05) is 0 Å². The molecule has 0 aliphatic carbocycles. The van der Waals surface area contributed by atoms with Crippen LogP contribution in [0.1, 0.15) is 34.7 Å². The van der Waals surface area contributed by atoms with E-state index in [0.717, 1.165) is 28.3 Å². The number of thiazole rings is 1. The summed E-state index contributed by atoms with van der Waals surface area (Å²) >= 11 is 1.49. The number of aliphatic hydroxyl groups is 1. The monoisotopic (exact) mass is 499 g/mol. The lowest BCUT2D eigenvalue weighted by Crippen LogP contribution is -2.47. The number of alkyl halides is 3. The summed E-state index contributed by atoms with van der Waals surface area (Å²) in [6.07, 6.45) is -1.37. The van der Waals surface area contributed by atoms with Crippen molar-refractivity contribution in [3.05, 3.63) is 88.9 Å². The molecule has 0 fully saturated rings. The third-order valence-corrected chi connectivity index (χ3v) is 7.59. The number of hydrogen-bond donors (Lipinski definition) is 1. The van der Waals surface area contributed by atoms with E-state index in [2.05, 4.69) is 27.1 Å². The van der Waals surface area contributed by atoms with Crippen molar-refractivity contribution in [3.63, 3.8) is 0 Å². The van der Waals surface area contributed by atoms with Crippen molar-refractivity contribution >= 4 is 11.3 Å². The summed E-state index contributed by atoms with van der Waals surface area (Å²) in [5, 5.41) is 15.8. The number of aliphatic hydroxyl groups excluding tert-OH is 1. The van der Waals surface area contributed by atoms with Gasteiger partial charge in [0.1, 0.15) is 17.7 Å². The van der Waals surface area contributed by atoms with Gasteiger partial charge in [0.15, 0.2) is 0 Å². The van der Waals surface area contributed by atoms with Crippen LogP contribution in [0.3, 0.4) is 0 Å². The van der Waals surface area contributed by atoms with Crippen LogP contribution in [0.15, 0.2) is 67.3 Å². The molecule has 182 valence electrons. The van der Waals surface area contributed by atoms with Gasteiger partial charge in [0.2, 0.25) is 0 Å². The van der Waals surface area contributed by atoms with Crippen LogP contribution in [-0.2, 0) is 25.7 Å². The molecular formula is C25H24F3N5OS. The van der Waals surface area contributed by atoms with E-state index in [4.69, 9.17) is 4.98 Å². The van der Waals surface area contributed by atoms with Gasteiger partial charge in [-0.25, -0.2) is 9.97 Å². The quantitative estimate of drug-likeness (QED) is 0.406. The molecule has 35 heavy (non-hydrogen) atoms. The Balaban J connectivity index is 1.44. The van der Waals surface area contributed by atoms with Crippen molar-refractivity contribution in [3.8, 4) is 10.6 Å². The molecule has 3 atom stereocenters. The Labute approximate surface area is 204 Å². The summed E-state index contributed by atoms with van der Waals surface area (Å²) in [4.78, 5) is 12.1. The second kappa shape index (κ2) is 9.52. The maximum atomic E-state index is 13.0. The highest BCUT2D eigenvalue weighted by atomic mass is 32.1. The highest BCUT2D eigenvalue weighted by molar-refractivity contribution is 7.15. The zero-order chi connectivity index (χ0) is 24.6. The Morgan fingerprint density at radius 2 is 1.86 bits per heavy atom. The van der Waals surface area contributed by atoms with E-state index in [1.165, 1.54) is 29.8 Å². The maximum Gasteiger partial charge on any atom is 0.416 e. The summed E-state index contributed by atoms with van der Waals surface area (Å²) < 4.78 is 40.5. The van der Waals surface area contributed by atoms with E-state index in [-0.39, 0.29) is 12.1 Å². The minimum Gasteiger partial charge on any atom is -0.390 e. The molecule has 10 heteroatoms. The van der Waals surface area contributed by atoms with Crippen LogP contribution in [0, 0.1) is 0 Å². The average Bonchev–Trinajstić information content (AvgIpc) is 3.52. The molecule has 6 nitrogen and oxygen atoms in total. The van der Waals surface area contributed by atoms with Gasteiger partial charge in [0.05, 0.1) is 23.9 Å². The normalized spacial score (nSPS) is 18.3. The zero-order valence-corrected chi connectivity index (χ0v) is 19.7. The minimum atomic E-state index is -4.37. The highest BCUT2D eigenvalue weighted by Gasteiger charge is 2.36. The van der Waals surface area contributed by atoms with Crippen LogP contribution in [0.5, 0.6) is 0 Å². The van der Waals surface area contributed by atoms with Crippen molar-refractivity contribution in [1.29, 1.82) is 0 Å². The number of fused-ring (bicyclic) bond motifs is 1. The van der Waals surface area contributed by atoms with Crippen LogP contribution < -0.4 is 0 Å². The molecule has 0 saturated carbocycles. The predicted molar refractivity (Wildman–Crippen MR) is 126 cm³/mol. The fraction of sp³-hybridized carbons (Fsp3) is 0.320. The fourth-order valence-electron chi connectivity index (χ4n) is 4.47. The highest BCUT2D eigenvalue weighted by Crippen LogP contribution is 2.40. The van der Waals surface area contributed by atoms with Crippen LogP contribution in [0.25, 0.3) is 10.6 Å². The second-order valence-corrected chi connectivity index (χ2v) is 9.78. The van der Waals surface area contributed by atoms with Gasteiger partial charge in [-0.1, -0.05) is 42.5 Å². The van der Waals surface area contributed by atoms with E-state index in [1.807, 2.05) is 25.1 Å². The number of aromatic nitrogens is 4. The lowest BCUT2D eigenvalue weighted by molar-refractivity contribution is -0.137. The summed E-state index contributed by atoms with van der Waals surface area (Å²) in [6.45, 7) is 2.91. The first-order chi connectivity index (χ1) is 16.8. The first-order valence-corrected chi connectivity index (χ1v) is 12.1. The van der Waals surface area contributed by atoms with Gasteiger partial charge in [-0.15, -0.1) is 11.3 Å². The van der Waals surface area contributed by atoms with E-state index in [1.54, 1.807) is 11.0 Å². The zero-order valence-electron chi connectivity index (χ0n) is 18.9. The van der Waals surface area contributed by atoms with Gasteiger partial charge < -0.3 is 5.11 Å². The third-order valence-electron chi connectivity index (χ3n) is 6.46. The average molecular weight is 500 g/mol. The summed E-state index contributed by atoms with van der Waals surface area (Å²) in [6, 6.07) is 15.1. The Morgan fingerprint density at radius 3 is 2.51 bits per heavy atom. The minimum absolute atomic E-state index is 0.00616. The molecule has 2 aromatic heterocycles. The predicted octanol–water partition coefficient (Wildman–Crippen LogP) is 4.97. The van der Waals surface area contributed by atoms with Gasteiger partial charge in [-0.3, -0.25) is 9.58 Å². The molecule has 4 aromatic rings. The lowest BCUT2D eigenvalue weighted by atomic mass is 9.93. The summed E-state index contributed by atoms with van der Waals surface area (Å²) in [5.74, 6) is 0. The molecular weight excluding hydrogens is 475 g/mol. The first-order valence-electron chi connectivity index (χ1n) is 11.3. The van der Waals surface area contributed by atoms with Gasteiger partial charge in [-0.2, -0.15) is 18.3 Å². The van der Waals surface area contributed by atoms with Gasteiger partial charge >= 0.3 is 6.18 Å². The van der Waals surface area contributed by atoms with Crippen molar-refractivity contribution < 1.29 is 18.3 Å². The topological polar surface area (TPSA) is 67.1 Å². The number of halogens is 3. The first kappa shape index (κ1) is 23.7. The summed E-state index contributed by atoms with van der Waals surface area (Å²) in [7, 11) is 0. The molecule has 0 saturated heterocycles. The lowest BCUT2D eigenvalue weighted by Gasteiger charge is -2.41. The molecule has 0 radical (unpaired) electrons. The largest absolute Gasteiger partial charge is 0.416 e. The van der Waals surface area contributed by atoms with Gasteiger partial charge in [0, 0.05) is 35.5 Å². The molecule has 2 aromatic carbocycles. The maximum absolute atomic E-state index is 13.0.